The van der Waals surface area contributed by atoms with Gasteiger partial charge in [-0.05, 0) is 58.0 Å². The van der Waals surface area contributed by atoms with Gasteiger partial charge < -0.3 is 23.9 Å². The van der Waals surface area contributed by atoms with Crippen molar-refractivity contribution in [3.05, 3.63) is 58.7 Å². The number of rotatable bonds is 9. The van der Waals surface area contributed by atoms with Gasteiger partial charge in [-0.3, -0.25) is 0 Å². The Hall–Kier alpha value is -2.22. The molecule has 3 aromatic rings. The number of esters is 1. The van der Waals surface area contributed by atoms with Crippen LogP contribution < -0.4 is 10.0 Å². The molecule has 36 heavy (non-hydrogen) atoms. The number of fused-ring (bicyclic) bond motifs is 1. The van der Waals surface area contributed by atoms with Gasteiger partial charge in [-0.1, -0.05) is 34.1 Å². The van der Waals surface area contributed by atoms with Gasteiger partial charge in [0, 0.05) is 11.0 Å². The second-order valence-corrected chi connectivity index (χ2v) is 12.0. The molecular weight excluding hydrogens is 570 g/mol. The van der Waals surface area contributed by atoms with E-state index >= 15 is 0 Å². The summed E-state index contributed by atoms with van der Waals surface area (Å²) in [6.07, 6.45) is -0.596. The highest BCUT2D eigenvalue weighted by Crippen LogP contribution is 2.35. The van der Waals surface area contributed by atoms with Crippen molar-refractivity contribution < 1.29 is 28.2 Å². The zero-order valence-corrected chi connectivity index (χ0v) is 23.6. The van der Waals surface area contributed by atoms with Crippen molar-refractivity contribution in [2.75, 3.05) is 19.7 Å². The number of hydrogen-bond acceptors (Lipinski definition) is 7. The van der Waals surface area contributed by atoms with Crippen LogP contribution in [-0.4, -0.2) is 50.4 Å². The number of nitrogens with one attached hydrogen (secondary N) is 2. The zero-order valence-electron chi connectivity index (χ0n) is 20.3. The predicted molar refractivity (Wildman–Crippen MR) is 142 cm³/mol. The van der Waals surface area contributed by atoms with Crippen LogP contribution in [0.2, 0.25) is 0 Å². The van der Waals surface area contributed by atoms with E-state index in [2.05, 4.69) is 26.0 Å². The molecule has 3 rings (SSSR count). The molecule has 0 saturated heterocycles. The summed E-state index contributed by atoms with van der Waals surface area (Å²) in [6.45, 7) is 7.26. The molecule has 0 aliphatic carbocycles. The van der Waals surface area contributed by atoms with E-state index in [9.17, 15) is 18.7 Å². The second kappa shape index (κ2) is 12.3. The van der Waals surface area contributed by atoms with Gasteiger partial charge >= 0.3 is 12.1 Å². The average molecular weight is 599 g/mol. The molecule has 0 bridgehead atoms. The lowest BCUT2D eigenvalue weighted by Gasteiger charge is -2.19. The molecule has 1 aromatic heterocycles. The van der Waals surface area contributed by atoms with Crippen LogP contribution in [-0.2, 0) is 32.2 Å². The summed E-state index contributed by atoms with van der Waals surface area (Å²) in [7, 11) is 0. The standard InChI is InChI=1S/C24H28BrN3O6S2/c1-5-33-22(29)20-21(35(31)27-14-13-26-23(30)34-24(2,3)4)18-15-16(25)11-12-19(18)28(20)36(32)17-9-7-6-8-10-17/h6-12,15,27H,5,13-14H2,1-4H3,(H,26,30). The van der Waals surface area contributed by atoms with Gasteiger partial charge in [-0.25, -0.2) is 9.59 Å². The minimum Gasteiger partial charge on any atom is -0.593 e. The van der Waals surface area contributed by atoms with Gasteiger partial charge in [0.1, 0.15) is 22.5 Å². The van der Waals surface area contributed by atoms with Gasteiger partial charge in [0.25, 0.3) is 0 Å². The summed E-state index contributed by atoms with van der Waals surface area (Å²) >= 11 is -0.304. The Balaban J connectivity index is 1.98. The maximum atomic E-state index is 13.6. The molecule has 194 valence electrons. The average Bonchev–Trinajstić information content (AvgIpc) is 3.15. The minimum absolute atomic E-state index is 0.0712. The molecular formula is C24H28BrN3O6S2. The number of aromatic nitrogens is 1. The number of amides is 1. The third kappa shape index (κ3) is 6.96. The minimum atomic E-state index is -1.91. The van der Waals surface area contributed by atoms with Crippen molar-refractivity contribution in [3.8, 4) is 0 Å². The van der Waals surface area contributed by atoms with Gasteiger partial charge in [0.05, 0.1) is 29.9 Å². The fourth-order valence-corrected chi connectivity index (χ4v) is 6.11. The molecule has 9 nitrogen and oxygen atoms in total. The Kier molecular flexibility index (Phi) is 9.72. The van der Waals surface area contributed by atoms with Crippen LogP contribution in [0.4, 0.5) is 4.79 Å². The fraction of sp³-hybridized carbons (Fsp3) is 0.333. The lowest BCUT2D eigenvalue weighted by Crippen LogP contribution is -2.38. The Bertz CT molecular complexity index is 1220. The molecule has 12 heteroatoms. The van der Waals surface area contributed by atoms with E-state index in [1.807, 2.05) is 0 Å². The number of ether oxygens (including phenoxy) is 2. The number of alkyl carbamates (subject to hydrolysis) is 1. The number of benzene rings is 2. The van der Waals surface area contributed by atoms with Crippen molar-refractivity contribution in [1.29, 1.82) is 0 Å². The van der Waals surface area contributed by atoms with Crippen LogP contribution in [0.25, 0.3) is 10.9 Å². The predicted octanol–water partition coefficient (Wildman–Crippen LogP) is 4.29. The maximum Gasteiger partial charge on any atom is 0.407 e. The molecule has 1 heterocycles. The lowest BCUT2D eigenvalue weighted by molar-refractivity contribution is 0.0509. The Morgan fingerprint density at radius 3 is 2.42 bits per heavy atom. The molecule has 2 unspecified atom stereocenters. The van der Waals surface area contributed by atoms with E-state index < -0.39 is 40.4 Å². The topological polar surface area (TPSA) is 128 Å². The van der Waals surface area contributed by atoms with Crippen molar-refractivity contribution in [3.63, 3.8) is 0 Å². The van der Waals surface area contributed by atoms with Crippen LogP contribution >= 0.6 is 15.9 Å². The molecule has 0 aliphatic heterocycles. The number of carbonyl (C=O) groups excluding carboxylic acids is 2. The third-order valence-corrected chi connectivity index (χ3v) is 7.76. The highest BCUT2D eigenvalue weighted by molar-refractivity contribution is 9.10. The van der Waals surface area contributed by atoms with Gasteiger partial charge in [0.15, 0.2) is 4.90 Å². The number of hydrogen-bond donors (Lipinski definition) is 2. The summed E-state index contributed by atoms with van der Waals surface area (Å²) in [5, 5.41) is 3.06. The molecule has 0 radical (unpaired) electrons. The molecule has 0 fully saturated rings. The highest BCUT2D eigenvalue weighted by atomic mass is 79.9. The Labute approximate surface area is 224 Å². The van der Waals surface area contributed by atoms with Crippen LogP contribution in [0.15, 0.2) is 62.8 Å². The number of nitrogens with zero attached hydrogens (tertiary/aromatic N) is 1. The summed E-state index contributed by atoms with van der Waals surface area (Å²) < 4.78 is 42.4. The summed E-state index contributed by atoms with van der Waals surface area (Å²) in [6, 6.07) is 13.8. The van der Waals surface area contributed by atoms with Crippen LogP contribution in [0.3, 0.4) is 0 Å². The van der Waals surface area contributed by atoms with Crippen LogP contribution in [0.1, 0.15) is 38.2 Å². The Morgan fingerprint density at radius 1 is 1.08 bits per heavy atom. The zero-order chi connectivity index (χ0) is 26.5. The van der Waals surface area contributed by atoms with Crippen LogP contribution in [0, 0.1) is 0 Å². The van der Waals surface area contributed by atoms with E-state index in [0.717, 1.165) is 0 Å². The van der Waals surface area contributed by atoms with Crippen molar-refractivity contribution in [1.82, 2.24) is 14.0 Å². The maximum absolute atomic E-state index is 13.6. The second-order valence-electron chi connectivity index (χ2n) is 8.51. The normalized spacial score (nSPS) is 13.3. The summed E-state index contributed by atoms with van der Waals surface area (Å²) in [4.78, 5) is 25.6. The molecule has 2 N–H and O–H groups in total. The first-order valence-corrected chi connectivity index (χ1v) is 14.2. The van der Waals surface area contributed by atoms with Crippen molar-refractivity contribution >= 4 is 61.6 Å². The van der Waals surface area contributed by atoms with Gasteiger partial charge in [0.2, 0.25) is 10.6 Å². The van der Waals surface area contributed by atoms with E-state index in [-0.39, 0.29) is 30.3 Å². The first kappa shape index (κ1) is 28.4. The fourth-order valence-electron chi connectivity index (χ4n) is 3.28. The molecule has 0 spiro atoms. The Morgan fingerprint density at radius 2 is 1.78 bits per heavy atom. The number of carbonyl (C=O) groups is 2. The molecule has 0 aliphatic rings. The molecule has 2 aromatic carbocycles. The summed E-state index contributed by atoms with van der Waals surface area (Å²) in [5.41, 5.74) is -0.253. The van der Waals surface area contributed by atoms with Crippen molar-refractivity contribution in [2.45, 2.75) is 43.1 Å². The van der Waals surface area contributed by atoms with Crippen LogP contribution in [0.5, 0.6) is 0 Å². The highest BCUT2D eigenvalue weighted by Gasteiger charge is 2.38. The largest absolute Gasteiger partial charge is 0.593 e. The van der Waals surface area contributed by atoms with Gasteiger partial charge in [-0.15, -0.1) is 8.69 Å². The van der Waals surface area contributed by atoms with E-state index in [1.54, 1.807) is 76.2 Å². The third-order valence-electron chi connectivity index (χ3n) is 4.63. The smallest absolute Gasteiger partial charge is 0.407 e. The molecule has 0 saturated carbocycles. The first-order chi connectivity index (χ1) is 17.0. The van der Waals surface area contributed by atoms with Crippen molar-refractivity contribution in [2.24, 2.45) is 0 Å². The van der Waals surface area contributed by atoms with E-state index in [4.69, 9.17) is 9.47 Å². The molecule has 1 amide bonds. The van der Waals surface area contributed by atoms with E-state index in [1.165, 1.54) is 3.97 Å². The summed E-state index contributed by atoms with van der Waals surface area (Å²) in [5.74, 6) is -0.744. The van der Waals surface area contributed by atoms with Gasteiger partial charge in [-0.2, -0.15) is 0 Å². The monoisotopic (exact) mass is 597 g/mol. The quantitative estimate of drug-likeness (QED) is 0.214. The lowest BCUT2D eigenvalue weighted by atomic mass is 10.2. The number of halogens is 1. The SMILES string of the molecule is CCOC(=O)c1c([S+]([O-])NCCNC(=O)OC(C)(C)C)c2cc(Br)ccc2n1[S+]([O-])c1ccccc1. The first-order valence-electron chi connectivity index (χ1n) is 11.1. The van der Waals surface area contributed by atoms with E-state index in [0.29, 0.717) is 20.3 Å². The molecule has 2 atom stereocenters.